The van der Waals surface area contributed by atoms with Gasteiger partial charge in [-0.2, -0.15) is 0 Å². The van der Waals surface area contributed by atoms with Crippen LogP contribution in [0.15, 0.2) is 12.1 Å². The monoisotopic (exact) mass is 267 g/mol. The molecule has 0 aromatic heterocycles. The van der Waals surface area contributed by atoms with Crippen LogP contribution in [0.5, 0.6) is 11.5 Å². The largest absolute Gasteiger partial charge is 0.496 e. The van der Waals surface area contributed by atoms with Crippen molar-refractivity contribution in [2.75, 3.05) is 27.9 Å². The lowest BCUT2D eigenvalue weighted by Crippen LogP contribution is -2.27. The first kappa shape index (κ1) is 15.8. The van der Waals surface area contributed by atoms with Gasteiger partial charge in [0.05, 0.1) is 14.2 Å². The third-order valence-corrected chi connectivity index (χ3v) is 3.62. The zero-order valence-corrected chi connectivity index (χ0v) is 12.5. The molecule has 0 spiro atoms. The van der Waals surface area contributed by atoms with Crippen LogP contribution in [0, 0.1) is 12.8 Å². The Morgan fingerprint density at radius 1 is 1.21 bits per heavy atom. The van der Waals surface area contributed by atoms with Crippen LogP contribution in [0.4, 0.5) is 0 Å². The lowest BCUT2D eigenvalue weighted by molar-refractivity contribution is 0.187. The zero-order chi connectivity index (χ0) is 14.4. The van der Waals surface area contributed by atoms with Gasteiger partial charge in [0.2, 0.25) is 0 Å². The summed E-state index contributed by atoms with van der Waals surface area (Å²) in [6, 6.07) is 4.01. The SMILES string of the molecule is CCC(CO)C(NC)c1cc(OC)c(C)cc1OC. The van der Waals surface area contributed by atoms with E-state index in [2.05, 4.69) is 12.2 Å². The van der Waals surface area contributed by atoms with Crippen molar-refractivity contribution >= 4 is 0 Å². The molecule has 0 saturated heterocycles. The molecular formula is C15H25NO3. The Bertz CT molecular complexity index is 403. The average molecular weight is 267 g/mol. The molecule has 0 radical (unpaired) electrons. The molecule has 2 unspecified atom stereocenters. The molecule has 0 aliphatic carbocycles. The van der Waals surface area contributed by atoms with Crippen molar-refractivity contribution in [3.63, 3.8) is 0 Å². The van der Waals surface area contributed by atoms with Crippen molar-refractivity contribution in [3.8, 4) is 11.5 Å². The van der Waals surface area contributed by atoms with Crippen molar-refractivity contribution < 1.29 is 14.6 Å². The highest BCUT2D eigenvalue weighted by atomic mass is 16.5. The van der Waals surface area contributed by atoms with Crippen LogP contribution in [-0.4, -0.2) is 33.0 Å². The van der Waals surface area contributed by atoms with E-state index in [1.54, 1.807) is 14.2 Å². The van der Waals surface area contributed by atoms with Gasteiger partial charge in [-0.25, -0.2) is 0 Å². The topological polar surface area (TPSA) is 50.7 Å². The van der Waals surface area contributed by atoms with Crippen LogP contribution >= 0.6 is 0 Å². The minimum Gasteiger partial charge on any atom is -0.496 e. The second-order valence-electron chi connectivity index (χ2n) is 4.68. The van der Waals surface area contributed by atoms with E-state index in [1.807, 2.05) is 26.1 Å². The van der Waals surface area contributed by atoms with Crippen molar-refractivity contribution in [1.29, 1.82) is 0 Å². The third-order valence-electron chi connectivity index (χ3n) is 3.62. The number of hydrogen-bond acceptors (Lipinski definition) is 4. The van der Waals surface area contributed by atoms with E-state index >= 15 is 0 Å². The quantitative estimate of drug-likeness (QED) is 0.796. The Kier molecular flexibility index (Phi) is 6.12. The minimum atomic E-state index is 0.0412. The maximum absolute atomic E-state index is 9.52. The van der Waals surface area contributed by atoms with E-state index in [0.717, 1.165) is 29.0 Å². The number of ether oxygens (including phenoxy) is 2. The molecule has 1 aromatic rings. The van der Waals surface area contributed by atoms with Gasteiger partial charge in [-0.05, 0) is 38.1 Å². The predicted molar refractivity (Wildman–Crippen MR) is 77.0 cm³/mol. The second kappa shape index (κ2) is 7.36. The fourth-order valence-corrected chi connectivity index (χ4v) is 2.43. The molecule has 4 heteroatoms. The molecule has 0 saturated carbocycles. The number of aliphatic hydroxyl groups is 1. The molecule has 108 valence electrons. The molecule has 0 fully saturated rings. The van der Waals surface area contributed by atoms with Gasteiger partial charge in [0, 0.05) is 24.1 Å². The fourth-order valence-electron chi connectivity index (χ4n) is 2.43. The van der Waals surface area contributed by atoms with Gasteiger partial charge in [0.1, 0.15) is 11.5 Å². The molecule has 0 aliphatic heterocycles. The highest BCUT2D eigenvalue weighted by Crippen LogP contribution is 2.36. The van der Waals surface area contributed by atoms with Gasteiger partial charge in [-0.3, -0.25) is 0 Å². The Balaban J connectivity index is 3.28. The van der Waals surface area contributed by atoms with Gasteiger partial charge < -0.3 is 19.9 Å². The molecule has 2 atom stereocenters. The Morgan fingerprint density at radius 2 is 1.84 bits per heavy atom. The summed E-state index contributed by atoms with van der Waals surface area (Å²) in [4.78, 5) is 0. The highest BCUT2D eigenvalue weighted by Gasteiger charge is 2.24. The first-order valence-corrected chi connectivity index (χ1v) is 6.63. The van der Waals surface area contributed by atoms with Crippen LogP contribution in [0.25, 0.3) is 0 Å². The number of aryl methyl sites for hydroxylation is 1. The first-order valence-electron chi connectivity index (χ1n) is 6.63. The summed E-state index contributed by atoms with van der Waals surface area (Å²) in [5, 5.41) is 12.8. The van der Waals surface area contributed by atoms with Gasteiger partial charge in [-0.1, -0.05) is 6.92 Å². The standard InChI is InChI=1S/C15H25NO3/c1-6-11(9-17)15(16-3)12-8-13(18-4)10(2)7-14(12)19-5/h7-8,11,15-17H,6,9H2,1-5H3. The molecule has 1 rings (SSSR count). The van der Waals surface area contributed by atoms with E-state index in [-0.39, 0.29) is 18.6 Å². The molecule has 1 aromatic carbocycles. The van der Waals surface area contributed by atoms with Gasteiger partial charge in [0.15, 0.2) is 0 Å². The molecular weight excluding hydrogens is 242 g/mol. The molecule has 2 N–H and O–H groups in total. The van der Waals surface area contributed by atoms with E-state index in [4.69, 9.17) is 9.47 Å². The number of methoxy groups -OCH3 is 2. The van der Waals surface area contributed by atoms with Gasteiger partial charge >= 0.3 is 0 Å². The number of nitrogens with one attached hydrogen (secondary N) is 1. The Hall–Kier alpha value is -1.26. The molecule has 19 heavy (non-hydrogen) atoms. The number of benzene rings is 1. The summed E-state index contributed by atoms with van der Waals surface area (Å²) < 4.78 is 10.9. The molecule has 0 aliphatic rings. The summed E-state index contributed by atoms with van der Waals surface area (Å²) >= 11 is 0. The molecule has 0 bridgehead atoms. The Labute approximate surface area is 115 Å². The summed E-state index contributed by atoms with van der Waals surface area (Å²) in [5.41, 5.74) is 2.06. The fraction of sp³-hybridized carbons (Fsp3) is 0.600. The van der Waals surface area contributed by atoms with E-state index < -0.39 is 0 Å². The molecule has 0 amide bonds. The number of hydrogen-bond donors (Lipinski definition) is 2. The number of aliphatic hydroxyl groups excluding tert-OH is 1. The highest BCUT2D eigenvalue weighted by molar-refractivity contribution is 5.47. The minimum absolute atomic E-state index is 0.0412. The lowest BCUT2D eigenvalue weighted by Gasteiger charge is -2.27. The van der Waals surface area contributed by atoms with Crippen LogP contribution in [0.1, 0.15) is 30.5 Å². The van der Waals surface area contributed by atoms with Crippen molar-refractivity contribution in [2.24, 2.45) is 5.92 Å². The smallest absolute Gasteiger partial charge is 0.124 e. The van der Waals surface area contributed by atoms with Crippen molar-refractivity contribution in [1.82, 2.24) is 5.32 Å². The number of rotatable bonds is 7. The second-order valence-corrected chi connectivity index (χ2v) is 4.68. The van der Waals surface area contributed by atoms with Crippen LogP contribution in [0.2, 0.25) is 0 Å². The van der Waals surface area contributed by atoms with Crippen molar-refractivity contribution in [2.45, 2.75) is 26.3 Å². The first-order chi connectivity index (χ1) is 9.12. The van der Waals surface area contributed by atoms with E-state index in [1.165, 1.54) is 0 Å². The maximum atomic E-state index is 9.52. The summed E-state index contributed by atoms with van der Waals surface area (Å²) in [7, 11) is 5.22. The zero-order valence-electron chi connectivity index (χ0n) is 12.5. The predicted octanol–water partition coefficient (Wildman–Crippen LogP) is 2.29. The van der Waals surface area contributed by atoms with Crippen LogP contribution in [-0.2, 0) is 0 Å². The van der Waals surface area contributed by atoms with E-state index in [0.29, 0.717) is 0 Å². The van der Waals surface area contributed by atoms with Gasteiger partial charge in [-0.15, -0.1) is 0 Å². The maximum Gasteiger partial charge on any atom is 0.124 e. The average Bonchev–Trinajstić information content (AvgIpc) is 2.44. The van der Waals surface area contributed by atoms with Crippen LogP contribution in [0.3, 0.4) is 0 Å². The van der Waals surface area contributed by atoms with Gasteiger partial charge in [0.25, 0.3) is 0 Å². The molecule has 4 nitrogen and oxygen atoms in total. The van der Waals surface area contributed by atoms with Crippen LogP contribution < -0.4 is 14.8 Å². The van der Waals surface area contributed by atoms with E-state index in [9.17, 15) is 5.11 Å². The summed E-state index contributed by atoms with van der Waals surface area (Å²) in [5.74, 6) is 1.81. The molecule has 0 heterocycles. The van der Waals surface area contributed by atoms with Crippen molar-refractivity contribution in [3.05, 3.63) is 23.3 Å². The lowest BCUT2D eigenvalue weighted by atomic mass is 9.90. The Morgan fingerprint density at radius 3 is 2.26 bits per heavy atom. The third kappa shape index (κ3) is 3.39. The summed E-state index contributed by atoms with van der Waals surface area (Å²) in [6.07, 6.45) is 0.890. The normalized spacial score (nSPS) is 14.0. The summed E-state index contributed by atoms with van der Waals surface area (Å²) in [6.45, 7) is 4.20.